The summed E-state index contributed by atoms with van der Waals surface area (Å²) >= 11 is 0. The summed E-state index contributed by atoms with van der Waals surface area (Å²) in [5.41, 5.74) is 1.66. The third kappa shape index (κ3) is 4.82. The number of nitrogens with one attached hydrogen (secondary N) is 2. The third-order valence-electron chi connectivity index (χ3n) is 3.70. The zero-order valence-corrected chi connectivity index (χ0v) is 15.4. The Bertz CT molecular complexity index is 976. The summed E-state index contributed by atoms with van der Waals surface area (Å²) in [6.07, 6.45) is 1.41. The first kappa shape index (κ1) is 19.3. The fourth-order valence-electron chi connectivity index (χ4n) is 2.46. The van der Waals surface area contributed by atoms with Crippen LogP contribution in [-0.4, -0.2) is 17.0 Å². The van der Waals surface area contributed by atoms with E-state index < -0.39 is 11.6 Å². The number of halogens is 2. The lowest BCUT2D eigenvalue weighted by Gasteiger charge is -2.14. The molecule has 2 N–H and O–H groups in total. The first-order valence-corrected chi connectivity index (χ1v) is 8.67. The van der Waals surface area contributed by atoms with Crippen molar-refractivity contribution >= 4 is 23.0 Å². The van der Waals surface area contributed by atoms with Crippen LogP contribution in [0.4, 0.5) is 25.8 Å². The Morgan fingerprint density at radius 1 is 1.00 bits per heavy atom. The first-order valence-electron chi connectivity index (χ1n) is 8.67. The van der Waals surface area contributed by atoms with Gasteiger partial charge in [-0.15, -0.1) is 0 Å². The van der Waals surface area contributed by atoms with E-state index in [1.165, 1.54) is 18.3 Å². The molecule has 0 spiro atoms. The minimum absolute atomic E-state index is 0.0298. The van der Waals surface area contributed by atoms with E-state index >= 15 is 0 Å². The molecule has 144 valence electrons. The zero-order chi connectivity index (χ0) is 20.1. The molecule has 5 nitrogen and oxygen atoms in total. The molecule has 0 aliphatic carbocycles. The Kier molecular flexibility index (Phi) is 5.84. The van der Waals surface area contributed by atoms with Crippen molar-refractivity contribution in [1.82, 2.24) is 4.98 Å². The average Bonchev–Trinajstić information content (AvgIpc) is 2.66. The van der Waals surface area contributed by atoms with Crippen LogP contribution in [0.5, 0.6) is 5.75 Å². The summed E-state index contributed by atoms with van der Waals surface area (Å²) in [7, 11) is 0. The fraction of sp³-hybridized carbons (Fsp3) is 0.143. The maximum Gasteiger partial charge on any atom is 0.274 e. The SMILES string of the molecule is CC(C)Oc1ccccc1NC(=O)c1ccc(Nc2ccc(F)c(F)c2)cn1. The molecule has 0 atom stereocenters. The summed E-state index contributed by atoms with van der Waals surface area (Å²) in [5.74, 6) is -1.68. The topological polar surface area (TPSA) is 63.2 Å². The highest BCUT2D eigenvalue weighted by molar-refractivity contribution is 6.03. The zero-order valence-electron chi connectivity index (χ0n) is 15.4. The van der Waals surface area contributed by atoms with Gasteiger partial charge in [0, 0.05) is 11.8 Å². The summed E-state index contributed by atoms with van der Waals surface area (Å²) in [4.78, 5) is 16.6. The molecule has 3 aromatic rings. The van der Waals surface area contributed by atoms with Gasteiger partial charge >= 0.3 is 0 Å². The smallest absolute Gasteiger partial charge is 0.274 e. The number of ether oxygens (including phenoxy) is 1. The van der Waals surface area contributed by atoms with E-state index in [0.717, 1.165) is 12.1 Å². The van der Waals surface area contributed by atoms with Crippen molar-refractivity contribution in [2.75, 3.05) is 10.6 Å². The van der Waals surface area contributed by atoms with E-state index in [1.807, 2.05) is 19.9 Å². The van der Waals surface area contributed by atoms with E-state index in [1.54, 1.807) is 24.3 Å². The van der Waals surface area contributed by atoms with Crippen molar-refractivity contribution < 1.29 is 18.3 Å². The van der Waals surface area contributed by atoms with Crippen LogP contribution in [0.15, 0.2) is 60.8 Å². The minimum Gasteiger partial charge on any atom is -0.489 e. The quantitative estimate of drug-likeness (QED) is 0.618. The molecule has 0 saturated heterocycles. The summed E-state index contributed by atoms with van der Waals surface area (Å²) < 4.78 is 31.9. The largest absolute Gasteiger partial charge is 0.489 e. The number of amides is 1. The molecule has 0 aliphatic rings. The number of para-hydroxylation sites is 2. The van der Waals surface area contributed by atoms with Gasteiger partial charge in [-0.1, -0.05) is 12.1 Å². The van der Waals surface area contributed by atoms with Crippen LogP contribution < -0.4 is 15.4 Å². The lowest BCUT2D eigenvalue weighted by molar-refractivity contribution is 0.102. The molecule has 2 aromatic carbocycles. The van der Waals surface area contributed by atoms with Crippen LogP contribution in [0.2, 0.25) is 0 Å². The second-order valence-electron chi connectivity index (χ2n) is 6.30. The molecule has 7 heteroatoms. The second-order valence-corrected chi connectivity index (χ2v) is 6.30. The number of hydrogen-bond donors (Lipinski definition) is 2. The number of anilines is 3. The maximum atomic E-state index is 13.3. The standard InChI is InChI=1S/C21H19F2N3O2/c1-13(2)28-20-6-4-3-5-18(20)26-21(27)19-10-8-15(12-24-19)25-14-7-9-16(22)17(23)11-14/h3-13,25H,1-2H3,(H,26,27). The van der Waals surface area contributed by atoms with Gasteiger partial charge < -0.3 is 15.4 Å². The van der Waals surface area contributed by atoms with Crippen LogP contribution in [-0.2, 0) is 0 Å². The van der Waals surface area contributed by atoms with Gasteiger partial charge in [-0.2, -0.15) is 0 Å². The number of nitrogens with zero attached hydrogens (tertiary/aromatic N) is 1. The molecule has 0 saturated carbocycles. The van der Waals surface area contributed by atoms with E-state index in [2.05, 4.69) is 15.6 Å². The number of pyridine rings is 1. The van der Waals surface area contributed by atoms with Gasteiger partial charge in [0.1, 0.15) is 11.4 Å². The molecular formula is C21H19F2N3O2. The Morgan fingerprint density at radius 3 is 2.43 bits per heavy atom. The maximum absolute atomic E-state index is 13.3. The van der Waals surface area contributed by atoms with E-state index in [4.69, 9.17) is 4.74 Å². The summed E-state index contributed by atoms with van der Waals surface area (Å²) in [6.45, 7) is 3.80. The number of carbonyl (C=O) groups excluding carboxylic acids is 1. The molecule has 1 amide bonds. The highest BCUT2D eigenvalue weighted by atomic mass is 19.2. The third-order valence-corrected chi connectivity index (χ3v) is 3.70. The normalized spacial score (nSPS) is 10.6. The Morgan fingerprint density at radius 2 is 1.75 bits per heavy atom. The van der Waals surface area contributed by atoms with Crippen LogP contribution in [0.3, 0.4) is 0 Å². The van der Waals surface area contributed by atoms with Crippen molar-refractivity contribution in [2.45, 2.75) is 20.0 Å². The van der Waals surface area contributed by atoms with E-state index in [9.17, 15) is 13.6 Å². The Balaban J connectivity index is 1.69. The van der Waals surface area contributed by atoms with Crippen LogP contribution in [0.1, 0.15) is 24.3 Å². The van der Waals surface area contributed by atoms with Crippen LogP contribution >= 0.6 is 0 Å². The van der Waals surface area contributed by atoms with Gasteiger partial charge in [0.25, 0.3) is 5.91 Å². The van der Waals surface area contributed by atoms with E-state index in [0.29, 0.717) is 22.8 Å². The van der Waals surface area contributed by atoms with Crippen molar-refractivity contribution in [3.8, 4) is 5.75 Å². The summed E-state index contributed by atoms with van der Waals surface area (Å²) in [5, 5.41) is 5.67. The number of rotatable bonds is 6. The molecule has 0 bridgehead atoms. The molecule has 0 aliphatic heterocycles. The van der Waals surface area contributed by atoms with Gasteiger partial charge in [0.2, 0.25) is 0 Å². The molecule has 0 radical (unpaired) electrons. The van der Waals surface area contributed by atoms with Crippen molar-refractivity contribution in [3.05, 3.63) is 78.1 Å². The monoisotopic (exact) mass is 383 g/mol. The van der Waals surface area contributed by atoms with Crippen molar-refractivity contribution in [2.24, 2.45) is 0 Å². The van der Waals surface area contributed by atoms with E-state index in [-0.39, 0.29) is 17.7 Å². The molecule has 1 aromatic heterocycles. The number of aromatic nitrogens is 1. The van der Waals surface area contributed by atoms with Crippen molar-refractivity contribution in [1.29, 1.82) is 0 Å². The molecule has 28 heavy (non-hydrogen) atoms. The van der Waals surface area contributed by atoms with Crippen LogP contribution in [0, 0.1) is 11.6 Å². The fourth-order valence-corrected chi connectivity index (χ4v) is 2.46. The second kappa shape index (κ2) is 8.47. The van der Waals surface area contributed by atoms with Gasteiger partial charge in [-0.3, -0.25) is 4.79 Å². The summed E-state index contributed by atoms with van der Waals surface area (Å²) in [6, 6.07) is 13.8. The van der Waals surface area contributed by atoms with Gasteiger partial charge in [-0.25, -0.2) is 13.8 Å². The number of benzene rings is 2. The Hall–Kier alpha value is -3.48. The van der Waals surface area contributed by atoms with Gasteiger partial charge in [-0.05, 0) is 50.2 Å². The van der Waals surface area contributed by atoms with Crippen LogP contribution in [0.25, 0.3) is 0 Å². The lowest BCUT2D eigenvalue weighted by Crippen LogP contribution is -2.15. The lowest BCUT2D eigenvalue weighted by atomic mass is 10.2. The average molecular weight is 383 g/mol. The predicted molar refractivity (Wildman–Crippen MR) is 104 cm³/mol. The van der Waals surface area contributed by atoms with Crippen molar-refractivity contribution in [3.63, 3.8) is 0 Å². The highest BCUT2D eigenvalue weighted by Gasteiger charge is 2.12. The highest BCUT2D eigenvalue weighted by Crippen LogP contribution is 2.25. The minimum atomic E-state index is -0.948. The number of hydrogen-bond acceptors (Lipinski definition) is 4. The number of carbonyl (C=O) groups is 1. The molecule has 0 unspecified atom stereocenters. The first-order chi connectivity index (χ1) is 13.4. The predicted octanol–water partition coefficient (Wildman–Crippen LogP) is 5.14. The van der Waals surface area contributed by atoms with Gasteiger partial charge in [0.05, 0.1) is 23.7 Å². The van der Waals surface area contributed by atoms with Gasteiger partial charge in [0.15, 0.2) is 11.6 Å². The molecular weight excluding hydrogens is 364 g/mol. The molecule has 3 rings (SSSR count). The molecule has 0 fully saturated rings. The molecule has 1 heterocycles. The Labute approximate surface area is 161 Å².